The Balaban J connectivity index is 1.48. The summed E-state index contributed by atoms with van der Waals surface area (Å²) in [5.74, 6) is 0. The van der Waals surface area contributed by atoms with Crippen LogP contribution in [0.4, 0.5) is 0 Å². The normalized spacial score (nSPS) is 12.1. The number of nitriles is 1. The molecule has 7 rings (SSSR count). The van der Waals surface area contributed by atoms with Crippen molar-refractivity contribution in [2.24, 2.45) is 0 Å². The molecule has 0 unspecified atom stereocenters. The largest absolute Gasteiger partial charge is 0.455 e. The number of aromatic nitrogens is 2. The average molecular weight is 508 g/mol. The molecule has 4 nitrogen and oxygen atoms in total. The molecule has 3 heterocycles. The quantitative estimate of drug-likeness (QED) is 0.227. The van der Waals surface area contributed by atoms with Crippen molar-refractivity contribution in [1.29, 1.82) is 5.26 Å². The van der Waals surface area contributed by atoms with Crippen LogP contribution in [0.3, 0.4) is 0 Å². The molecular weight excluding hydrogens is 482 g/mol. The average Bonchev–Trinajstić information content (AvgIpc) is 3.47. The van der Waals surface area contributed by atoms with Gasteiger partial charge >= 0.3 is 0 Å². The summed E-state index contributed by atoms with van der Waals surface area (Å²) in [5.41, 5.74) is 7.28. The molecule has 0 bridgehead atoms. The van der Waals surface area contributed by atoms with Gasteiger partial charge in [0, 0.05) is 39.0 Å². The van der Waals surface area contributed by atoms with Crippen LogP contribution in [0.15, 0.2) is 102 Å². The second-order valence-corrected chi connectivity index (χ2v) is 15.9. The second-order valence-electron chi connectivity index (χ2n) is 10.8. The van der Waals surface area contributed by atoms with Crippen LogP contribution in [0.1, 0.15) is 5.56 Å². The molecule has 0 spiro atoms. The summed E-state index contributed by atoms with van der Waals surface area (Å²) in [6, 6.07) is 33.7. The summed E-state index contributed by atoms with van der Waals surface area (Å²) in [6.07, 6.45) is 1.98. The predicted molar refractivity (Wildman–Crippen MR) is 159 cm³/mol. The maximum absolute atomic E-state index is 9.34. The van der Waals surface area contributed by atoms with Gasteiger partial charge in [-0.3, -0.25) is 4.98 Å². The van der Waals surface area contributed by atoms with Gasteiger partial charge in [-0.2, -0.15) is 5.26 Å². The van der Waals surface area contributed by atoms with Crippen LogP contribution in [-0.4, -0.2) is 17.6 Å². The summed E-state index contributed by atoms with van der Waals surface area (Å²) in [6.45, 7) is 7.13. The van der Waals surface area contributed by atoms with Gasteiger partial charge in [0.2, 0.25) is 0 Å². The lowest BCUT2D eigenvalue weighted by molar-refractivity contribution is 0.669. The van der Waals surface area contributed by atoms with Crippen LogP contribution in [0.25, 0.3) is 60.7 Å². The Kier molecular flexibility index (Phi) is 4.84. The molecule has 5 heteroatoms. The topological polar surface area (TPSA) is 54.8 Å². The van der Waals surface area contributed by atoms with E-state index in [1.807, 2.05) is 24.4 Å². The highest BCUT2D eigenvalue weighted by Crippen LogP contribution is 2.38. The third-order valence-corrected chi connectivity index (χ3v) is 9.52. The third kappa shape index (κ3) is 3.38. The van der Waals surface area contributed by atoms with Crippen LogP contribution in [0, 0.1) is 11.3 Å². The molecule has 0 saturated heterocycles. The zero-order chi connectivity index (χ0) is 26.0. The molecule has 0 saturated carbocycles. The number of fused-ring (bicyclic) bond motifs is 6. The van der Waals surface area contributed by atoms with Crippen molar-refractivity contribution < 1.29 is 4.42 Å². The Morgan fingerprint density at radius 1 is 0.763 bits per heavy atom. The monoisotopic (exact) mass is 507 g/mol. The van der Waals surface area contributed by atoms with Gasteiger partial charge in [-0.25, -0.2) is 0 Å². The number of rotatable bonds is 3. The Bertz CT molecular complexity index is 2070. The molecule has 182 valence electrons. The summed E-state index contributed by atoms with van der Waals surface area (Å²) in [4.78, 5) is 4.91. The summed E-state index contributed by atoms with van der Waals surface area (Å²) >= 11 is 0. The van der Waals surface area contributed by atoms with Gasteiger partial charge in [-0.1, -0.05) is 67.3 Å². The summed E-state index contributed by atoms with van der Waals surface area (Å²) in [5, 5.41) is 15.1. The lowest BCUT2D eigenvalue weighted by atomic mass is 10.0. The molecule has 0 amide bonds. The summed E-state index contributed by atoms with van der Waals surface area (Å²) < 4.78 is 8.65. The van der Waals surface area contributed by atoms with Gasteiger partial charge in [0.05, 0.1) is 36.4 Å². The minimum Gasteiger partial charge on any atom is -0.455 e. The van der Waals surface area contributed by atoms with Gasteiger partial charge in [-0.05, 0) is 48.5 Å². The van der Waals surface area contributed by atoms with E-state index in [1.165, 1.54) is 10.6 Å². The van der Waals surface area contributed by atoms with E-state index in [0.717, 1.165) is 49.7 Å². The number of para-hydroxylation sites is 2. The van der Waals surface area contributed by atoms with E-state index < -0.39 is 8.07 Å². The number of furan rings is 1. The fraction of sp³-hybridized carbons (Fsp3) is 0.0909. The maximum Gasteiger partial charge on any atom is 0.144 e. The van der Waals surface area contributed by atoms with Crippen molar-refractivity contribution in [1.82, 2.24) is 9.55 Å². The lowest BCUT2D eigenvalue weighted by Gasteiger charge is -2.17. The first kappa shape index (κ1) is 22.5. The van der Waals surface area contributed by atoms with Crippen molar-refractivity contribution in [3.05, 3.63) is 103 Å². The third-order valence-electron chi connectivity index (χ3n) is 7.45. The standard InChI is InChI=1S/C33H25N3OSi/c1-38(2,3)23-14-12-22(13-15-23)36-30-10-5-4-7-24(30)28-20-35-29(18-31(28)36)27-9-6-8-26-25-16-11-21(19-34)17-32(25)37-33(26)27/h4-18,20H,1-3H3. The first-order chi connectivity index (χ1) is 18.4. The minimum absolute atomic E-state index is 0.585. The van der Waals surface area contributed by atoms with E-state index >= 15 is 0 Å². The lowest BCUT2D eigenvalue weighted by Crippen LogP contribution is -2.37. The van der Waals surface area contributed by atoms with Crippen molar-refractivity contribution in [3.8, 4) is 23.0 Å². The molecule has 3 aromatic heterocycles. The highest BCUT2D eigenvalue weighted by molar-refractivity contribution is 6.88. The van der Waals surface area contributed by atoms with E-state index in [9.17, 15) is 5.26 Å². The van der Waals surface area contributed by atoms with Crippen LogP contribution in [0.2, 0.25) is 19.6 Å². The highest BCUT2D eigenvalue weighted by atomic mass is 28.3. The molecule has 0 fully saturated rings. The molecule has 4 aromatic carbocycles. The molecule has 38 heavy (non-hydrogen) atoms. The van der Waals surface area contributed by atoms with E-state index in [-0.39, 0.29) is 0 Å². The van der Waals surface area contributed by atoms with Gasteiger partial charge < -0.3 is 8.98 Å². The highest BCUT2D eigenvalue weighted by Gasteiger charge is 2.19. The van der Waals surface area contributed by atoms with Crippen LogP contribution < -0.4 is 5.19 Å². The Morgan fingerprint density at radius 3 is 2.34 bits per heavy atom. The van der Waals surface area contributed by atoms with Gasteiger partial charge in [0.15, 0.2) is 0 Å². The zero-order valence-electron chi connectivity index (χ0n) is 21.5. The molecule has 0 aliphatic rings. The molecule has 0 aliphatic heterocycles. The predicted octanol–water partition coefficient (Wildman–Crippen LogP) is 8.16. The van der Waals surface area contributed by atoms with Crippen LogP contribution in [0.5, 0.6) is 0 Å². The Labute approximate surface area is 221 Å². The van der Waals surface area contributed by atoms with Crippen molar-refractivity contribution in [2.45, 2.75) is 19.6 Å². The Morgan fingerprint density at radius 2 is 1.55 bits per heavy atom. The van der Waals surface area contributed by atoms with Crippen molar-refractivity contribution in [2.75, 3.05) is 0 Å². The minimum atomic E-state index is -1.40. The van der Waals surface area contributed by atoms with E-state index in [1.54, 1.807) is 6.07 Å². The van der Waals surface area contributed by atoms with Crippen LogP contribution in [-0.2, 0) is 0 Å². The number of hydrogen-bond donors (Lipinski definition) is 0. The smallest absolute Gasteiger partial charge is 0.144 e. The zero-order valence-corrected chi connectivity index (χ0v) is 22.5. The molecule has 0 radical (unpaired) electrons. The van der Waals surface area contributed by atoms with Gasteiger partial charge in [-0.15, -0.1) is 0 Å². The van der Waals surface area contributed by atoms with E-state index in [0.29, 0.717) is 11.1 Å². The SMILES string of the molecule is C[Si](C)(C)c1ccc(-n2c3ccccc3c3cnc(-c4cccc5c4oc4cc(C#N)ccc45)cc32)cc1. The molecular formula is C33H25N3OSi. The molecule has 0 atom stereocenters. The molecule has 7 aromatic rings. The summed E-state index contributed by atoms with van der Waals surface area (Å²) in [7, 11) is -1.40. The number of pyridine rings is 1. The van der Waals surface area contributed by atoms with E-state index in [4.69, 9.17) is 9.40 Å². The number of hydrogen-bond acceptors (Lipinski definition) is 3. The van der Waals surface area contributed by atoms with Gasteiger partial charge in [0.25, 0.3) is 0 Å². The van der Waals surface area contributed by atoms with Gasteiger partial charge in [0.1, 0.15) is 11.2 Å². The Hall–Kier alpha value is -4.66. The molecule has 0 aliphatic carbocycles. The van der Waals surface area contributed by atoms with Crippen molar-refractivity contribution in [3.63, 3.8) is 0 Å². The second kappa shape index (κ2) is 8.17. The fourth-order valence-corrected chi connectivity index (χ4v) is 6.64. The number of nitrogens with zero attached hydrogens (tertiary/aromatic N) is 3. The van der Waals surface area contributed by atoms with E-state index in [2.05, 4.69) is 97.0 Å². The van der Waals surface area contributed by atoms with Crippen LogP contribution >= 0.6 is 0 Å². The first-order valence-electron chi connectivity index (χ1n) is 12.8. The van der Waals surface area contributed by atoms with Crippen molar-refractivity contribution >= 4 is 57.0 Å². The molecule has 0 N–H and O–H groups in total. The maximum atomic E-state index is 9.34. The number of benzene rings is 4. The first-order valence-corrected chi connectivity index (χ1v) is 16.3. The fourth-order valence-electron chi connectivity index (χ4n) is 5.47.